The first-order chi connectivity index (χ1) is 6.00. The van der Waals surface area contributed by atoms with E-state index in [4.69, 9.17) is 20.7 Å². The van der Waals surface area contributed by atoms with E-state index in [0.29, 0.717) is 0 Å². The minimum atomic E-state index is -1.84. The van der Waals surface area contributed by atoms with Gasteiger partial charge in [-0.1, -0.05) is 15.3 Å². The first kappa shape index (κ1) is 11.4. The fourth-order valence-electron chi connectivity index (χ4n) is 0.768. The van der Waals surface area contributed by atoms with E-state index in [-0.39, 0.29) is 0 Å². The Kier molecular flexibility index (Phi) is 3.68. The van der Waals surface area contributed by atoms with Crippen LogP contribution >= 0.6 is 20.7 Å². The summed E-state index contributed by atoms with van der Waals surface area (Å²) in [5, 5.41) is -1.18. The minimum absolute atomic E-state index is 0.721. The molecule has 0 atom stereocenters. The molecule has 0 saturated heterocycles. The molecule has 0 unspecified atom stereocenters. The molecule has 1 aromatic rings. The lowest BCUT2D eigenvalue weighted by atomic mass is 10.3. The molecule has 0 aliphatic rings. The van der Waals surface area contributed by atoms with Crippen LogP contribution in [-0.4, -0.2) is 19.3 Å². The van der Waals surface area contributed by atoms with Crippen LogP contribution in [-0.2, 0) is 0 Å². The maximum atomic E-state index is 12.8. The van der Waals surface area contributed by atoms with Gasteiger partial charge in [-0.25, -0.2) is 17.6 Å². The maximum absolute atomic E-state index is 12.8. The van der Waals surface area contributed by atoms with Gasteiger partial charge in [0.05, 0.1) is 0 Å². The molecule has 0 fully saturated rings. The van der Waals surface area contributed by atoms with Crippen molar-refractivity contribution in [1.29, 1.82) is 0 Å². The zero-order valence-electron chi connectivity index (χ0n) is 5.97. The Morgan fingerprint density at radius 2 is 1.23 bits per heavy atom. The van der Waals surface area contributed by atoms with Gasteiger partial charge >= 0.3 is 19.3 Å². The van der Waals surface area contributed by atoms with E-state index >= 15 is 0 Å². The zero-order valence-corrected chi connectivity index (χ0v) is 8.90. The number of benzene rings is 1. The van der Waals surface area contributed by atoms with Crippen molar-refractivity contribution in [3.63, 3.8) is 0 Å². The maximum Gasteiger partial charge on any atom is 0.547 e. The second kappa shape index (κ2) is 4.21. The van der Waals surface area contributed by atoms with Crippen LogP contribution in [0.2, 0.25) is 5.02 Å². The SMILES string of the molecule is Fc1c(F)[c]([Mg][Cl])c(F)c(F)c1Cl. The molecule has 0 amide bonds. The van der Waals surface area contributed by atoms with Gasteiger partial charge in [0.1, 0.15) is 16.7 Å². The van der Waals surface area contributed by atoms with Crippen molar-refractivity contribution in [3.8, 4) is 0 Å². The lowest BCUT2D eigenvalue weighted by molar-refractivity contribution is 0.464. The summed E-state index contributed by atoms with van der Waals surface area (Å²) in [6, 6.07) is 0. The van der Waals surface area contributed by atoms with Crippen LogP contribution in [0.5, 0.6) is 0 Å². The molecule has 0 bridgehead atoms. The monoisotopic (exact) mass is 242 g/mol. The number of halogens is 6. The van der Waals surface area contributed by atoms with Crippen LogP contribution in [0, 0.1) is 23.3 Å². The second-order valence-corrected chi connectivity index (χ2v) is 4.34. The fraction of sp³-hybridized carbons (Fsp3) is 0. The number of hydrogen-bond donors (Lipinski definition) is 0. The summed E-state index contributed by atoms with van der Waals surface area (Å²) in [5.74, 6) is -6.18. The van der Waals surface area contributed by atoms with Gasteiger partial charge in [-0.15, -0.1) is 0 Å². The van der Waals surface area contributed by atoms with Gasteiger partial charge < -0.3 is 9.07 Å². The smallest absolute Gasteiger partial charge is 0.335 e. The molecule has 0 heterocycles. The average molecular weight is 243 g/mol. The molecule has 7 heteroatoms. The highest BCUT2D eigenvalue weighted by Crippen LogP contribution is 2.22. The highest BCUT2D eigenvalue weighted by molar-refractivity contribution is 7.01. The lowest BCUT2D eigenvalue weighted by Gasteiger charge is -2.05. The molecular formula is C6Cl2F4Mg. The topological polar surface area (TPSA) is 0 Å². The van der Waals surface area contributed by atoms with Gasteiger partial charge in [0.2, 0.25) is 0 Å². The predicted molar refractivity (Wildman–Crippen MR) is 42.5 cm³/mol. The van der Waals surface area contributed by atoms with Crippen molar-refractivity contribution < 1.29 is 17.6 Å². The van der Waals surface area contributed by atoms with Crippen LogP contribution in [0.15, 0.2) is 0 Å². The Labute approximate surface area is 89.3 Å². The molecule has 0 N–H and O–H groups in total. The molecule has 0 nitrogen and oxygen atoms in total. The molecule has 0 spiro atoms. The average Bonchev–Trinajstić information content (AvgIpc) is 2.13. The van der Waals surface area contributed by atoms with Crippen molar-refractivity contribution in [2.45, 2.75) is 0 Å². The van der Waals surface area contributed by atoms with Gasteiger partial charge in [0, 0.05) is 0 Å². The van der Waals surface area contributed by atoms with Crippen molar-refractivity contribution in [2.75, 3.05) is 0 Å². The van der Waals surface area contributed by atoms with Crippen molar-refractivity contribution in [2.24, 2.45) is 0 Å². The third-order valence-corrected chi connectivity index (χ3v) is 3.46. The molecule has 0 aromatic heterocycles. The Hall–Kier alpha value is 0.286. The summed E-state index contributed by atoms with van der Waals surface area (Å²) >= 11 is 3.12. The summed E-state index contributed by atoms with van der Waals surface area (Å²) < 4.78 is 50.2. The summed E-state index contributed by atoms with van der Waals surface area (Å²) in [7, 11) is 5.22. The molecule has 1 aromatic carbocycles. The summed E-state index contributed by atoms with van der Waals surface area (Å²) in [4.78, 5) is 0. The Morgan fingerprint density at radius 1 is 0.846 bits per heavy atom. The lowest BCUT2D eigenvalue weighted by Crippen LogP contribution is -2.23. The zero-order chi connectivity index (χ0) is 10.2. The highest BCUT2D eigenvalue weighted by atomic mass is 35.5. The van der Waals surface area contributed by atoms with Crippen molar-refractivity contribution >= 4 is 43.6 Å². The second-order valence-electron chi connectivity index (χ2n) is 2.18. The largest absolute Gasteiger partial charge is 0.547 e. The molecule has 0 aliphatic carbocycles. The van der Waals surface area contributed by atoms with E-state index in [1.807, 2.05) is 0 Å². The molecular weight excluding hydrogens is 243 g/mol. The predicted octanol–water partition coefficient (Wildman–Crippen LogP) is 2.38. The van der Waals surface area contributed by atoms with Gasteiger partial charge in [0.15, 0.2) is 11.6 Å². The van der Waals surface area contributed by atoms with Gasteiger partial charge in [-0.2, -0.15) is 0 Å². The third kappa shape index (κ3) is 1.88. The van der Waals surface area contributed by atoms with Gasteiger partial charge in [0.25, 0.3) is 0 Å². The molecule has 1 rings (SSSR count). The Balaban J connectivity index is 3.56. The standard InChI is InChI=1S/C6ClF4.ClH.Mg/c7-4-5(10)2(8)1-3(9)6(4)11;;/h;1H;/q;;+1/p-1. The summed E-state index contributed by atoms with van der Waals surface area (Å²) in [6.07, 6.45) is 0. The number of rotatable bonds is 1. The molecule has 68 valence electrons. The molecule has 0 aliphatic heterocycles. The first-order valence-electron chi connectivity index (χ1n) is 3.07. The van der Waals surface area contributed by atoms with E-state index in [0.717, 1.165) is 0 Å². The van der Waals surface area contributed by atoms with Crippen LogP contribution in [0.4, 0.5) is 17.6 Å². The van der Waals surface area contributed by atoms with Crippen LogP contribution in [0.25, 0.3) is 0 Å². The third-order valence-electron chi connectivity index (χ3n) is 1.43. The van der Waals surface area contributed by atoms with Crippen LogP contribution in [0.3, 0.4) is 0 Å². The number of hydrogen-bond acceptors (Lipinski definition) is 0. The minimum Gasteiger partial charge on any atom is -0.335 e. The van der Waals surface area contributed by atoms with Gasteiger partial charge in [-0.05, 0) is 0 Å². The van der Waals surface area contributed by atoms with Crippen molar-refractivity contribution in [1.82, 2.24) is 0 Å². The van der Waals surface area contributed by atoms with Crippen LogP contribution in [0.1, 0.15) is 0 Å². The van der Waals surface area contributed by atoms with E-state index in [2.05, 4.69) is 0 Å². The van der Waals surface area contributed by atoms with E-state index in [1.54, 1.807) is 0 Å². The van der Waals surface area contributed by atoms with E-state index in [1.165, 1.54) is 0 Å². The Morgan fingerprint density at radius 3 is 1.54 bits per heavy atom. The Bertz CT molecular complexity index is 326. The molecule has 0 saturated carbocycles. The molecule has 13 heavy (non-hydrogen) atoms. The van der Waals surface area contributed by atoms with Crippen LogP contribution < -0.4 is 3.69 Å². The summed E-state index contributed by atoms with van der Waals surface area (Å²) in [6.45, 7) is 0. The fourth-order valence-corrected chi connectivity index (χ4v) is 2.18. The molecule has 0 radical (unpaired) electrons. The first-order valence-corrected chi connectivity index (χ1v) is 6.29. The highest BCUT2D eigenvalue weighted by Gasteiger charge is 2.23. The van der Waals surface area contributed by atoms with E-state index in [9.17, 15) is 17.6 Å². The quantitative estimate of drug-likeness (QED) is 0.307. The van der Waals surface area contributed by atoms with Gasteiger partial charge in [-0.3, -0.25) is 0 Å². The van der Waals surface area contributed by atoms with E-state index < -0.39 is 51.2 Å². The van der Waals surface area contributed by atoms with Crippen molar-refractivity contribution in [3.05, 3.63) is 28.3 Å². The summed E-state index contributed by atoms with van der Waals surface area (Å²) in [5.41, 5.74) is 0. The normalized spacial score (nSPS) is 10.0.